The largest absolute Gasteiger partial charge is 0.309 e. The summed E-state index contributed by atoms with van der Waals surface area (Å²) in [6.45, 7) is 2.04. The van der Waals surface area contributed by atoms with Crippen LogP contribution in [0.4, 0.5) is 0 Å². The predicted octanol–water partition coefficient (Wildman–Crippen LogP) is 4.54. The molecule has 3 aromatic rings. The molecule has 1 N–H and O–H groups in total. The zero-order valence-electron chi connectivity index (χ0n) is 11.3. The molecule has 0 aliphatic carbocycles. The lowest BCUT2D eigenvalue weighted by molar-refractivity contribution is 0.922. The summed E-state index contributed by atoms with van der Waals surface area (Å²) in [5.74, 6) is 0.694. The normalized spacial score (nSPS) is 12.5. The summed E-state index contributed by atoms with van der Waals surface area (Å²) in [6.07, 6.45) is 0. The third-order valence-electron chi connectivity index (χ3n) is 3.16. The lowest BCUT2D eigenvalue weighted by atomic mass is 10.2. The lowest BCUT2D eigenvalue weighted by Gasteiger charge is -2.12. The van der Waals surface area contributed by atoms with Gasteiger partial charge in [-0.05, 0) is 47.1 Å². The summed E-state index contributed by atoms with van der Waals surface area (Å²) in [6, 6.07) is 15.4. The van der Waals surface area contributed by atoms with E-state index in [0.717, 1.165) is 14.9 Å². The van der Waals surface area contributed by atoms with E-state index in [1.54, 1.807) is 17.8 Å². The Hall–Kier alpha value is -1.59. The molecule has 3 nitrogen and oxygen atoms in total. The molecule has 0 saturated carbocycles. The lowest BCUT2D eigenvalue weighted by Crippen LogP contribution is -2.12. The number of benzene rings is 2. The van der Waals surface area contributed by atoms with Gasteiger partial charge in [0.1, 0.15) is 5.82 Å². The van der Waals surface area contributed by atoms with Crippen molar-refractivity contribution in [2.24, 2.45) is 0 Å². The minimum absolute atomic E-state index is 0.0565. The smallest absolute Gasteiger partial charge is 0.258 e. The Morgan fingerprint density at radius 2 is 1.86 bits per heavy atom. The molecule has 21 heavy (non-hydrogen) atoms. The first-order valence-corrected chi connectivity index (χ1v) is 8.22. The molecular weight excluding hydrogens is 348 g/mol. The fraction of sp³-hybridized carbons (Fsp3) is 0.125. The average Bonchev–Trinajstić information content (AvgIpc) is 2.49. The first-order chi connectivity index (χ1) is 10.1. The minimum Gasteiger partial charge on any atom is -0.309 e. The van der Waals surface area contributed by atoms with E-state index in [-0.39, 0.29) is 10.8 Å². The molecule has 0 unspecified atom stereocenters. The molecule has 0 aliphatic heterocycles. The van der Waals surface area contributed by atoms with Crippen LogP contribution in [0.1, 0.15) is 18.0 Å². The molecule has 3 rings (SSSR count). The topological polar surface area (TPSA) is 45.8 Å². The van der Waals surface area contributed by atoms with E-state index in [1.165, 1.54) is 0 Å². The van der Waals surface area contributed by atoms with Gasteiger partial charge in [-0.15, -0.1) is 11.8 Å². The number of fused-ring (bicyclic) bond motifs is 1. The second kappa shape index (κ2) is 6.03. The van der Waals surface area contributed by atoms with E-state index < -0.39 is 0 Å². The van der Waals surface area contributed by atoms with E-state index in [0.29, 0.717) is 11.2 Å². The maximum Gasteiger partial charge on any atom is 0.258 e. The van der Waals surface area contributed by atoms with Gasteiger partial charge in [-0.3, -0.25) is 4.79 Å². The summed E-state index contributed by atoms with van der Waals surface area (Å²) in [4.78, 5) is 20.7. The second-order valence-electron chi connectivity index (χ2n) is 4.66. The molecule has 0 bridgehead atoms. The molecule has 2 aromatic carbocycles. The standard InChI is InChI=1S/C16H13BrN2OS/c1-10(21-14-9-5-3-7-12(14)17)15-18-13-8-4-2-6-11(13)16(20)19-15/h2-10H,1H3,(H,18,19,20)/t10-/m0/s1. The maximum atomic E-state index is 12.1. The number of rotatable bonds is 3. The highest BCUT2D eigenvalue weighted by atomic mass is 79.9. The highest BCUT2D eigenvalue weighted by Crippen LogP contribution is 2.37. The van der Waals surface area contributed by atoms with E-state index in [9.17, 15) is 4.79 Å². The Morgan fingerprint density at radius 1 is 1.14 bits per heavy atom. The number of hydrogen-bond donors (Lipinski definition) is 1. The molecule has 0 spiro atoms. The zero-order valence-corrected chi connectivity index (χ0v) is 13.7. The van der Waals surface area contributed by atoms with Crippen LogP contribution in [-0.4, -0.2) is 9.97 Å². The molecule has 1 aromatic heterocycles. The molecule has 1 atom stereocenters. The van der Waals surface area contributed by atoms with Crippen LogP contribution in [0.5, 0.6) is 0 Å². The Bertz CT molecular complexity index is 847. The van der Waals surface area contributed by atoms with E-state index >= 15 is 0 Å². The van der Waals surface area contributed by atoms with Crippen molar-refractivity contribution < 1.29 is 0 Å². The zero-order chi connectivity index (χ0) is 14.8. The number of H-pyrrole nitrogens is 1. The van der Waals surface area contributed by atoms with Crippen molar-refractivity contribution in [2.75, 3.05) is 0 Å². The number of nitrogens with zero attached hydrogens (tertiary/aromatic N) is 1. The SMILES string of the molecule is C[C@H](Sc1ccccc1Br)c1nc2ccccc2c(=O)[nH]1. The van der Waals surface area contributed by atoms with Gasteiger partial charge in [-0.2, -0.15) is 0 Å². The molecular formula is C16H13BrN2OS. The predicted molar refractivity (Wildman–Crippen MR) is 90.8 cm³/mol. The van der Waals surface area contributed by atoms with Crippen LogP contribution in [0.25, 0.3) is 10.9 Å². The molecule has 0 fully saturated rings. The average molecular weight is 361 g/mol. The maximum absolute atomic E-state index is 12.1. The summed E-state index contributed by atoms with van der Waals surface area (Å²) >= 11 is 5.20. The summed E-state index contributed by atoms with van der Waals surface area (Å²) in [5.41, 5.74) is 0.644. The first kappa shape index (κ1) is 14.4. The van der Waals surface area contributed by atoms with Gasteiger partial charge in [-0.1, -0.05) is 24.3 Å². The van der Waals surface area contributed by atoms with Crippen molar-refractivity contribution in [1.82, 2.24) is 9.97 Å². The molecule has 0 saturated heterocycles. The Kier molecular flexibility index (Phi) is 4.12. The van der Waals surface area contributed by atoms with Crippen LogP contribution in [0, 0.1) is 0 Å². The fourth-order valence-corrected chi connectivity index (χ4v) is 3.59. The molecule has 106 valence electrons. The second-order valence-corrected chi connectivity index (χ2v) is 6.90. The van der Waals surface area contributed by atoms with Crippen molar-refractivity contribution in [1.29, 1.82) is 0 Å². The molecule has 0 aliphatic rings. The van der Waals surface area contributed by atoms with Gasteiger partial charge in [0.05, 0.1) is 16.2 Å². The quantitative estimate of drug-likeness (QED) is 0.697. The monoisotopic (exact) mass is 360 g/mol. The Labute approximate surface area is 134 Å². The molecule has 5 heteroatoms. The van der Waals surface area contributed by atoms with Crippen molar-refractivity contribution >= 4 is 38.6 Å². The number of para-hydroxylation sites is 1. The summed E-state index contributed by atoms with van der Waals surface area (Å²) in [7, 11) is 0. The highest BCUT2D eigenvalue weighted by molar-refractivity contribution is 9.10. The minimum atomic E-state index is -0.0878. The Balaban J connectivity index is 1.97. The van der Waals surface area contributed by atoms with Crippen molar-refractivity contribution in [3.63, 3.8) is 0 Å². The van der Waals surface area contributed by atoms with Crippen LogP contribution in [0.15, 0.2) is 62.7 Å². The van der Waals surface area contributed by atoms with Gasteiger partial charge >= 0.3 is 0 Å². The number of aromatic amines is 1. The number of nitrogens with one attached hydrogen (secondary N) is 1. The summed E-state index contributed by atoms with van der Waals surface area (Å²) < 4.78 is 1.05. The van der Waals surface area contributed by atoms with Crippen LogP contribution >= 0.6 is 27.7 Å². The van der Waals surface area contributed by atoms with Crippen LogP contribution in [-0.2, 0) is 0 Å². The van der Waals surface area contributed by atoms with Gasteiger partial charge in [0.15, 0.2) is 0 Å². The first-order valence-electron chi connectivity index (χ1n) is 6.55. The van der Waals surface area contributed by atoms with Gasteiger partial charge in [0, 0.05) is 9.37 Å². The van der Waals surface area contributed by atoms with Crippen LogP contribution < -0.4 is 5.56 Å². The van der Waals surface area contributed by atoms with E-state index in [2.05, 4.69) is 25.9 Å². The third-order valence-corrected chi connectivity index (χ3v) is 5.30. The van der Waals surface area contributed by atoms with Crippen LogP contribution in [0.3, 0.4) is 0 Å². The fourth-order valence-electron chi connectivity index (χ4n) is 2.08. The molecule has 1 heterocycles. The number of aromatic nitrogens is 2. The number of hydrogen-bond acceptors (Lipinski definition) is 3. The van der Waals surface area contributed by atoms with Crippen molar-refractivity contribution in [3.8, 4) is 0 Å². The highest BCUT2D eigenvalue weighted by Gasteiger charge is 2.13. The van der Waals surface area contributed by atoms with E-state index in [1.807, 2.05) is 49.4 Å². The van der Waals surface area contributed by atoms with Crippen molar-refractivity contribution in [3.05, 3.63) is 69.2 Å². The number of halogens is 1. The third kappa shape index (κ3) is 3.04. The number of thioether (sulfide) groups is 1. The van der Waals surface area contributed by atoms with Gasteiger partial charge in [0.25, 0.3) is 5.56 Å². The Morgan fingerprint density at radius 3 is 2.67 bits per heavy atom. The van der Waals surface area contributed by atoms with Gasteiger partial charge < -0.3 is 4.98 Å². The van der Waals surface area contributed by atoms with Crippen LogP contribution in [0.2, 0.25) is 0 Å². The molecule has 0 radical (unpaired) electrons. The molecule has 0 amide bonds. The van der Waals surface area contributed by atoms with Crippen molar-refractivity contribution in [2.45, 2.75) is 17.1 Å². The summed E-state index contributed by atoms with van der Waals surface area (Å²) in [5, 5.41) is 0.681. The van der Waals surface area contributed by atoms with E-state index in [4.69, 9.17) is 0 Å². The van der Waals surface area contributed by atoms with Gasteiger partial charge in [0.2, 0.25) is 0 Å². The van der Waals surface area contributed by atoms with Gasteiger partial charge in [-0.25, -0.2) is 4.98 Å².